The predicted molar refractivity (Wildman–Crippen MR) is 305 cm³/mol. The van der Waals surface area contributed by atoms with E-state index in [4.69, 9.17) is 4.74 Å². The molecule has 3 aliphatic heterocycles. The first-order valence-electron chi connectivity index (χ1n) is 25.6. The Bertz CT molecular complexity index is 3310. The smallest absolute Gasteiger partial charge is 0.0326 e. The minimum atomic E-state index is -0.100. The summed E-state index contributed by atoms with van der Waals surface area (Å²) in [6.07, 6.45) is 5.62. The molecule has 9 nitrogen and oxygen atoms in total. The third-order valence-corrected chi connectivity index (χ3v) is 13.5. The molecule has 9 aromatic rings. The maximum absolute atomic E-state index is 6.44. The fourth-order valence-corrected chi connectivity index (χ4v) is 10.2. The number of aryl methyl sites for hydroxylation is 3. The number of para-hydroxylation sites is 8. The third kappa shape index (κ3) is 11.9. The molecule has 2 aromatic heterocycles. The molecule has 0 amide bonds. The molecule has 77 heavy (non-hydrogen) atoms. The summed E-state index contributed by atoms with van der Waals surface area (Å²) in [6.45, 7) is 21.6. The number of fused-ring (bicyclic) bond motifs is 3. The first-order valence-corrected chi connectivity index (χ1v) is 25.6. The minimum Gasteiger partial charge on any atom is -0.510 e. The summed E-state index contributed by atoms with van der Waals surface area (Å²) in [5, 5.41) is 0. The van der Waals surface area contributed by atoms with Crippen LogP contribution in [0.3, 0.4) is 0 Å². The Morgan fingerprint density at radius 2 is 1.00 bits per heavy atom. The van der Waals surface area contributed by atoms with Crippen LogP contribution in [-0.4, -0.2) is 28.6 Å². The standard InChI is InChI=1S/C36H32N4O.C30H26N4.Ir.Pt/c1-24-17-25(2)35(26(3)18-24)27-19-28(39-23-40(36(4,5)6)34-13-8-7-12-33(34)39)21-30(20-27)41-29-14-16-38-32(22-29)31-11-9-10-15-37-31;1-3-13-25(14-4-1)33-23-31(27-17-7-9-19-29(27)33)21-11-12-22-32-24-34(26-15-5-2-6-16-26)30-20-10-8-18-28(30)32;;/h7-10,12-20,23H,1-6H3;1-10,13,15,17-20,23-24H,11-12,21-22H2;;/q2*-4;;. The van der Waals surface area contributed by atoms with Crippen LogP contribution in [0.2, 0.25) is 0 Å². The number of nitrogens with zero attached hydrogens (tertiary/aromatic N) is 8. The predicted octanol–water partition coefficient (Wildman–Crippen LogP) is 15.7. The van der Waals surface area contributed by atoms with E-state index in [1.54, 1.807) is 18.5 Å². The van der Waals surface area contributed by atoms with Crippen molar-refractivity contribution in [1.29, 1.82) is 0 Å². The molecule has 5 heterocycles. The van der Waals surface area contributed by atoms with Gasteiger partial charge >= 0.3 is 0 Å². The second kappa shape index (κ2) is 24.0. The normalized spacial score (nSPS) is 13.3. The van der Waals surface area contributed by atoms with E-state index in [2.05, 4.69) is 253 Å². The summed E-state index contributed by atoms with van der Waals surface area (Å²) in [7, 11) is 0. The molecule has 0 unspecified atom stereocenters. The zero-order valence-corrected chi connectivity index (χ0v) is 48.6. The van der Waals surface area contributed by atoms with Crippen LogP contribution in [0, 0.1) is 71.1 Å². The number of anilines is 9. The summed E-state index contributed by atoms with van der Waals surface area (Å²) in [6, 6.07) is 72.7. The maximum atomic E-state index is 6.44. The van der Waals surface area contributed by atoms with Crippen molar-refractivity contribution in [2.75, 3.05) is 42.5 Å². The van der Waals surface area contributed by atoms with Crippen LogP contribution in [0.15, 0.2) is 176 Å². The van der Waals surface area contributed by atoms with Crippen LogP contribution in [0.5, 0.6) is 11.5 Å². The quantitative estimate of drug-likeness (QED) is 0.0879. The van der Waals surface area contributed by atoms with Gasteiger partial charge in [-0.05, 0) is 133 Å². The number of aromatic nitrogens is 2. The van der Waals surface area contributed by atoms with Gasteiger partial charge in [0, 0.05) is 92.3 Å². The number of hydrogen-bond donors (Lipinski definition) is 0. The third-order valence-electron chi connectivity index (χ3n) is 13.5. The van der Waals surface area contributed by atoms with E-state index >= 15 is 0 Å². The van der Waals surface area contributed by atoms with Gasteiger partial charge in [0.1, 0.15) is 0 Å². The van der Waals surface area contributed by atoms with Gasteiger partial charge in [0.2, 0.25) is 0 Å². The Labute approximate surface area is 483 Å². The molecule has 0 fully saturated rings. The van der Waals surface area contributed by atoms with E-state index in [0.29, 0.717) is 22.9 Å². The molecule has 12 rings (SSSR count). The SMILES string of the molecule is Cc1cc(C)c(-c2cc(Oc3[c-]c(-c4[c-]cccn4)ncc3)[c-]c(N3[CH-]N(C(C)(C)C)c4ccccc43)c2)c(C)c1.[Ir].[Pt].[c-]1ccccc1N1[CH-]N(CCCCN2[CH-]N(c3[c-]cccc3)c3ccccc32)c2ccccc21. The number of ether oxygens (including phenoxy) is 1. The van der Waals surface area contributed by atoms with Crippen molar-refractivity contribution in [1.82, 2.24) is 9.97 Å². The van der Waals surface area contributed by atoms with Crippen LogP contribution in [-0.2, 0) is 41.2 Å². The largest absolute Gasteiger partial charge is 0.510 e. The second-order valence-electron chi connectivity index (χ2n) is 20.0. The van der Waals surface area contributed by atoms with Gasteiger partial charge < -0.3 is 44.1 Å². The van der Waals surface area contributed by atoms with Crippen molar-refractivity contribution in [2.45, 2.75) is 59.9 Å². The van der Waals surface area contributed by atoms with E-state index in [9.17, 15) is 0 Å². The molecule has 7 aromatic carbocycles. The van der Waals surface area contributed by atoms with Crippen LogP contribution in [0.25, 0.3) is 22.5 Å². The monoisotopic (exact) mass is 1370 g/mol. The van der Waals surface area contributed by atoms with Gasteiger partial charge in [-0.15, -0.1) is 64.3 Å². The zero-order valence-electron chi connectivity index (χ0n) is 43.9. The summed E-state index contributed by atoms with van der Waals surface area (Å²) in [5.41, 5.74) is 17.2. The van der Waals surface area contributed by atoms with Gasteiger partial charge in [0.25, 0.3) is 0 Å². The van der Waals surface area contributed by atoms with E-state index < -0.39 is 0 Å². The number of benzene rings is 7. The number of rotatable bonds is 12. The van der Waals surface area contributed by atoms with E-state index in [-0.39, 0.29) is 46.7 Å². The summed E-state index contributed by atoms with van der Waals surface area (Å²) in [5.74, 6) is 1.13. The molecule has 0 bridgehead atoms. The molecular formula is C66H58IrN8OPt-8. The van der Waals surface area contributed by atoms with Crippen LogP contribution in [0.1, 0.15) is 50.3 Å². The molecule has 11 heteroatoms. The van der Waals surface area contributed by atoms with Gasteiger partial charge in [0.05, 0.1) is 0 Å². The van der Waals surface area contributed by atoms with Crippen LogP contribution >= 0.6 is 0 Å². The molecule has 0 atom stereocenters. The Morgan fingerprint density at radius 1 is 0.494 bits per heavy atom. The number of hydrogen-bond acceptors (Lipinski definition) is 9. The van der Waals surface area contributed by atoms with Crippen molar-refractivity contribution >= 4 is 51.2 Å². The van der Waals surface area contributed by atoms with Crippen LogP contribution < -0.4 is 34.1 Å². The summed E-state index contributed by atoms with van der Waals surface area (Å²) in [4.78, 5) is 22.5. The molecular weight excluding hydrogens is 1310 g/mol. The van der Waals surface area contributed by atoms with Crippen LogP contribution in [0.4, 0.5) is 51.2 Å². The van der Waals surface area contributed by atoms with E-state index in [0.717, 1.165) is 59.9 Å². The van der Waals surface area contributed by atoms with E-state index in [1.165, 1.54) is 45.0 Å². The van der Waals surface area contributed by atoms with Crippen molar-refractivity contribution in [3.63, 3.8) is 0 Å². The van der Waals surface area contributed by atoms with Crippen molar-refractivity contribution in [3.8, 4) is 34.0 Å². The van der Waals surface area contributed by atoms with Crippen molar-refractivity contribution in [2.24, 2.45) is 0 Å². The van der Waals surface area contributed by atoms with Crippen molar-refractivity contribution in [3.05, 3.63) is 243 Å². The molecule has 0 N–H and O–H groups in total. The maximum Gasteiger partial charge on any atom is 0.0326 e. The molecule has 0 aliphatic carbocycles. The zero-order chi connectivity index (χ0) is 51.5. The summed E-state index contributed by atoms with van der Waals surface area (Å²) >= 11 is 0. The molecule has 1 radical (unpaired) electrons. The molecule has 3 aliphatic rings. The molecule has 0 saturated carbocycles. The average molecular weight is 1370 g/mol. The van der Waals surface area contributed by atoms with Gasteiger partial charge in [-0.1, -0.05) is 54.1 Å². The van der Waals surface area contributed by atoms with Gasteiger partial charge in [-0.2, -0.15) is 92.8 Å². The Morgan fingerprint density at radius 3 is 1.53 bits per heavy atom. The average Bonchev–Trinajstić information content (AvgIpc) is 4.15. The molecule has 0 saturated heterocycles. The Kier molecular flexibility index (Phi) is 17.0. The van der Waals surface area contributed by atoms with Crippen molar-refractivity contribution < 1.29 is 45.9 Å². The fraction of sp³-hybridized carbons (Fsp3) is 0.167. The topological polar surface area (TPSA) is 54.5 Å². The Balaban J connectivity index is 0.000000186. The molecule has 0 spiro atoms. The molecule has 395 valence electrons. The first kappa shape index (κ1) is 54.6. The van der Waals surface area contributed by atoms with Gasteiger partial charge in [-0.25, -0.2) is 6.07 Å². The summed E-state index contributed by atoms with van der Waals surface area (Å²) < 4.78 is 6.44. The first-order chi connectivity index (χ1) is 36.6. The minimum absolute atomic E-state index is 0. The second-order valence-corrected chi connectivity index (χ2v) is 20.0. The van der Waals surface area contributed by atoms with Gasteiger partial charge in [0.15, 0.2) is 0 Å². The number of unbranched alkanes of at least 4 members (excludes halogenated alkanes) is 1. The van der Waals surface area contributed by atoms with Gasteiger partial charge in [-0.3, -0.25) is 0 Å². The fourth-order valence-electron chi connectivity index (χ4n) is 10.2. The Hall–Kier alpha value is -7.22. The number of pyridine rings is 2. The van der Waals surface area contributed by atoms with E-state index in [1.807, 2.05) is 36.4 Å².